The molecule has 0 aromatic heterocycles. The van der Waals surface area contributed by atoms with Gasteiger partial charge in [0.2, 0.25) is 5.91 Å². The molecule has 1 rings (SSSR count). The molecule has 0 radical (unpaired) electrons. The number of hydrogen-bond donors (Lipinski definition) is 3. The summed E-state index contributed by atoms with van der Waals surface area (Å²) in [6.45, 7) is 6.96. The van der Waals surface area contributed by atoms with Crippen LogP contribution in [-0.4, -0.2) is 36.1 Å². The van der Waals surface area contributed by atoms with Crippen molar-refractivity contribution >= 4 is 11.9 Å². The zero-order valence-corrected chi connectivity index (χ0v) is 9.99. The average molecular weight is 228 g/mol. The number of carboxylic acids is 1. The van der Waals surface area contributed by atoms with Crippen molar-refractivity contribution < 1.29 is 14.7 Å². The van der Waals surface area contributed by atoms with Crippen LogP contribution in [0.25, 0.3) is 0 Å². The molecule has 1 heterocycles. The van der Waals surface area contributed by atoms with Gasteiger partial charge in [-0.05, 0) is 32.9 Å². The van der Waals surface area contributed by atoms with E-state index in [1.165, 1.54) is 0 Å². The van der Waals surface area contributed by atoms with E-state index in [-0.39, 0.29) is 17.9 Å². The van der Waals surface area contributed by atoms with Gasteiger partial charge in [-0.15, -0.1) is 0 Å². The van der Waals surface area contributed by atoms with Gasteiger partial charge in [0, 0.05) is 12.0 Å². The van der Waals surface area contributed by atoms with Crippen molar-refractivity contribution in [3.05, 3.63) is 0 Å². The molecule has 16 heavy (non-hydrogen) atoms. The molecule has 3 N–H and O–H groups in total. The minimum absolute atomic E-state index is 0.0490. The van der Waals surface area contributed by atoms with Gasteiger partial charge >= 0.3 is 5.97 Å². The molecule has 1 saturated heterocycles. The first-order valence-electron chi connectivity index (χ1n) is 5.67. The van der Waals surface area contributed by atoms with Gasteiger partial charge in [-0.1, -0.05) is 6.92 Å². The lowest BCUT2D eigenvalue weighted by atomic mass is 9.88. The molecule has 3 atom stereocenters. The van der Waals surface area contributed by atoms with E-state index < -0.39 is 11.9 Å². The summed E-state index contributed by atoms with van der Waals surface area (Å²) in [4.78, 5) is 22.5. The van der Waals surface area contributed by atoms with Crippen molar-refractivity contribution in [2.24, 2.45) is 17.8 Å². The largest absolute Gasteiger partial charge is 0.481 e. The molecule has 5 nitrogen and oxygen atoms in total. The van der Waals surface area contributed by atoms with E-state index in [9.17, 15) is 9.59 Å². The summed E-state index contributed by atoms with van der Waals surface area (Å²) in [5, 5.41) is 14.7. The minimum Gasteiger partial charge on any atom is -0.481 e. The molecule has 1 aliphatic rings. The molecular weight excluding hydrogens is 208 g/mol. The molecule has 0 spiro atoms. The SMILES string of the molecule is CC(NC(=O)C(C)C1CNC1)C(C)C(=O)O. The maximum atomic E-state index is 11.8. The predicted octanol–water partition coefficient (Wildman–Crippen LogP) is 0.0673. The summed E-state index contributed by atoms with van der Waals surface area (Å²) in [5.41, 5.74) is 0. The highest BCUT2D eigenvalue weighted by Gasteiger charge is 2.30. The Bertz CT molecular complexity index is 276. The van der Waals surface area contributed by atoms with Crippen LogP contribution in [0, 0.1) is 17.8 Å². The molecule has 0 saturated carbocycles. The highest BCUT2D eigenvalue weighted by atomic mass is 16.4. The van der Waals surface area contributed by atoms with Crippen LogP contribution in [0.5, 0.6) is 0 Å². The molecule has 1 amide bonds. The Labute approximate surface area is 95.6 Å². The van der Waals surface area contributed by atoms with Crippen LogP contribution in [0.3, 0.4) is 0 Å². The van der Waals surface area contributed by atoms with E-state index in [4.69, 9.17) is 5.11 Å². The fraction of sp³-hybridized carbons (Fsp3) is 0.818. The lowest BCUT2D eigenvalue weighted by Gasteiger charge is -2.32. The van der Waals surface area contributed by atoms with Crippen molar-refractivity contribution in [3.63, 3.8) is 0 Å². The lowest BCUT2D eigenvalue weighted by Crippen LogP contribution is -2.51. The molecule has 5 heteroatoms. The van der Waals surface area contributed by atoms with Crippen LogP contribution in [0.15, 0.2) is 0 Å². The van der Waals surface area contributed by atoms with E-state index in [2.05, 4.69) is 10.6 Å². The molecule has 0 bridgehead atoms. The smallest absolute Gasteiger partial charge is 0.308 e. The van der Waals surface area contributed by atoms with E-state index in [0.29, 0.717) is 5.92 Å². The minimum atomic E-state index is -0.884. The van der Waals surface area contributed by atoms with Gasteiger partial charge < -0.3 is 15.7 Å². The maximum Gasteiger partial charge on any atom is 0.308 e. The highest BCUT2D eigenvalue weighted by molar-refractivity contribution is 5.80. The first-order chi connectivity index (χ1) is 7.43. The number of amides is 1. The monoisotopic (exact) mass is 228 g/mol. The fourth-order valence-corrected chi connectivity index (χ4v) is 1.57. The Morgan fingerprint density at radius 1 is 1.31 bits per heavy atom. The summed E-state index contributed by atoms with van der Waals surface area (Å²) < 4.78 is 0. The Kier molecular flexibility index (Phi) is 4.29. The van der Waals surface area contributed by atoms with Crippen molar-refractivity contribution in [2.75, 3.05) is 13.1 Å². The molecule has 1 aliphatic heterocycles. The standard InChI is InChI=1S/C11H20N2O3/c1-6(11(15)16)8(3)13-10(14)7(2)9-4-12-5-9/h6-9,12H,4-5H2,1-3H3,(H,13,14)(H,15,16). The molecule has 0 aromatic carbocycles. The number of carboxylic acid groups (broad SMARTS) is 1. The first-order valence-corrected chi connectivity index (χ1v) is 5.67. The second-order valence-electron chi connectivity index (χ2n) is 4.63. The lowest BCUT2D eigenvalue weighted by molar-refractivity contribution is -0.142. The normalized spacial score (nSPS) is 21.7. The predicted molar refractivity (Wildman–Crippen MR) is 59.9 cm³/mol. The first kappa shape index (κ1) is 13.0. The molecule has 0 aromatic rings. The summed E-state index contributed by atoms with van der Waals surface area (Å²) in [6.07, 6.45) is 0. The van der Waals surface area contributed by atoms with E-state index in [0.717, 1.165) is 13.1 Å². The van der Waals surface area contributed by atoms with Crippen molar-refractivity contribution in [2.45, 2.75) is 26.8 Å². The van der Waals surface area contributed by atoms with Crippen molar-refractivity contribution in [1.29, 1.82) is 0 Å². The van der Waals surface area contributed by atoms with E-state index in [1.807, 2.05) is 6.92 Å². The van der Waals surface area contributed by atoms with Gasteiger partial charge in [-0.25, -0.2) is 0 Å². The Morgan fingerprint density at radius 3 is 2.25 bits per heavy atom. The molecule has 3 unspecified atom stereocenters. The molecule has 0 aliphatic carbocycles. The number of carbonyl (C=O) groups is 2. The maximum absolute atomic E-state index is 11.8. The van der Waals surface area contributed by atoms with Gasteiger partial charge in [0.1, 0.15) is 0 Å². The molecule has 1 fully saturated rings. The van der Waals surface area contributed by atoms with Crippen LogP contribution in [0.4, 0.5) is 0 Å². The average Bonchev–Trinajstić information content (AvgIpc) is 2.13. The number of rotatable bonds is 5. The summed E-state index contributed by atoms with van der Waals surface area (Å²) in [5.74, 6) is -1.16. The number of nitrogens with one attached hydrogen (secondary N) is 2. The van der Waals surface area contributed by atoms with Crippen LogP contribution in [-0.2, 0) is 9.59 Å². The summed E-state index contributed by atoms with van der Waals surface area (Å²) >= 11 is 0. The van der Waals surface area contributed by atoms with Gasteiger partial charge in [-0.2, -0.15) is 0 Å². The van der Waals surface area contributed by atoms with Crippen molar-refractivity contribution in [3.8, 4) is 0 Å². The summed E-state index contributed by atoms with van der Waals surface area (Å²) in [6, 6.07) is -0.333. The van der Waals surface area contributed by atoms with Crippen LogP contribution in [0.1, 0.15) is 20.8 Å². The quantitative estimate of drug-likeness (QED) is 0.622. The Hall–Kier alpha value is -1.10. The topological polar surface area (TPSA) is 78.4 Å². The number of aliphatic carboxylic acids is 1. The Balaban J connectivity index is 2.40. The van der Waals surface area contributed by atoms with Gasteiger partial charge in [0.15, 0.2) is 0 Å². The van der Waals surface area contributed by atoms with Gasteiger partial charge in [0.25, 0.3) is 0 Å². The zero-order valence-electron chi connectivity index (χ0n) is 9.99. The van der Waals surface area contributed by atoms with E-state index in [1.54, 1.807) is 13.8 Å². The zero-order chi connectivity index (χ0) is 12.3. The number of hydrogen-bond acceptors (Lipinski definition) is 3. The third kappa shape index (κ3) is 2.95. The van der Waals surface area contributed by atoms with Crippen molar-refractivity contribution in [1.82, 2.24) is 10.6 Å². The highest BCUT2D eigenvalue weighted by Crippen LogP contribution is 2.16. The van der Waals surface area contributed by atoms with E-state index >= 15 is 0 Å². The third-order valence-corrected chi connectivity index (χ3v) is 3.44. The molecule has 92 valence electrons. The number of carbonyl (C=O) groups excluding carboxylic acids is 1. The van der Waals surface area contributed by atoms with Crippen LogP contribution >= 0.6 is 0 Å². The second-order valence-corrected chi connectivity index (χ2v) is 4.63. The second kappa shape index (κ2) is 5.30. The van der Waals surface area contributed by atoms with Gasteiger partial charge in [-0.3, -0.25) is 9.59 Å². The Morgan fingerprint density at radius 2 is 1.88 bits per heavy atom. The third-order valence-electron chi connectivity index (χ3n) is 3.44. The van der Waals surface area contributed by atoms with Gasteiger partial charge in [0.05, 0.1) is 5.92 Å². The van der Waals surface area contributed by atoms with Crippen LogP contribution in [0.2, 0.25) is 0 Å². The fourth-order valence-electron chi connectivity index (χ4n) is 1.57. The summed E-state index contributed by atoms with van der Waals surface area (Å²) in [7, 11) is 0. The molecular formula is C11H20N2O3. The van der Waals surface area contributed by atoms with Crippen LogP contribution < -0.4 is 10.6 Å².